The molecule has 0 saturated carbocycles. The van der Waals surface area contributed by atoms with E-state index in [1.165, 1.54) is 11.3 Å². The number of nitriles is 1. The summed E-state index contributed by atoms with van der Waals surface area (Å²) in [5, 5.41) is 9.79. The van der Waals surface area contributed by atoms with Gasteiger partial charge in [-0.2, -0.15) is 5.26 Å². The molecule has 0 bridgehead atoms. The quantitative estimate of drug-likeness (QED) is 0.674. The molecule has 1 aromatic rings. The van der Waals surface area contributed by atoms with Crippen molar-refractivity contribution in [2.24, 2.45) is 11.5 Å². The first-order chi connectivity index (χ1) is 8.04. The smallest absolute Gasteiger partial charge is 0.261 e. The minimum Gasteiger partial charge on any atom is -0.396 e. The Morgan fingerprint density at radius 2 is 2.29 bits per heavy atom. The lowest BCUT2D eigenvalue weighted by Gasteiger charge is -2.15. The molecule has 90 valence electrons. The Labute approximate surface area is 103 Å². The van der Waals surface area contributed by atoms with Gasteiger partial charge in [0, 0.05) is 19.1 Å². The van der Waals surface area contributed by atoms with Crippen LogP contribution in [-0.2, 0) is 0 Å². The summed E-state index contributed by atoms with van der Waals surface area (Å²) in [5.74, 6) is -0.598. The predicted molar refractivity (Wildman–Crippen MR) is 66.8 cm³/mol. The topological polar surface area (TPSA) is 122 Å². The molecule has 6 nitrogen and oxygen atoms in total. The SMILES string of the molecule is N#Cc1c(N2CCC(N)C2)sc(C(N)=O)c1N. The zero-order chi connectivity index (χ0) is 12.6. The molecule has 1 fully saturated rings. The van der Waals surface area contributed by atoms with Crippen molar-refractivity contribution in [3.8, 4) is 6.07 Å². The van der Waals surface area contributed by atoms with Crippen molar-refractivity contribution in [2.75, 3.05) is 23.7 Å². The Bertz CT molecular complexity index is 504. The normalized spacial score (nSPS) is 19.3. The zero-order valence-electron chi connectivity index (χ0n) is 9.14. The molecule has 1 aliphatic rings. The molecule has 17 heavy (non-hydrogen) atoms. The monoisotopic (exact) mass is 251 g/mol. The van der Waals surface area contributed by atoms with Crippen LogP contribution < -0.4 is 22.1 Å². The lowest BCUT2D eigenvalue weighted by atomic mass is 10.2. The van der Waals surface area contributed by atoms with E-state index in [1.807, 2.05) is 11.0 Å². The van der Waals surface area contributed by atoms with Crippen LogP contribution in [0.5, 0.6) is 0 Å². The first kappa shape index (κ1) is 11.7. The zero-order valence-corrected chi connectivity index (χ0v) is 9.96. The van der Waals surface area contributed by atoms with Gasteiger partial charge >= 0.3 is 0 Å². The maximum absolute atomic E-state index is 11.2. The largest absolute Gasteiger partial charge is 0.396 e. The Morgan fingerprint density at radius 1 is 1.59 bits per heavy atom. The summed E-state index contributed by atoms with van der Waals surface area (Å²) in [4.78, 5) is 13.4. The van der Waals surface area contributed by atoms with Gasteiger partial charge in [-0.3, -0.25) is 4.79 Å². The highest BCUT2D eigenvalue weighted by Gasteiger charge is 2.27. The van der Waals surface area contributed by atoms with Crippen molar-refractivity contribution < 1.29 is 4.79 Å². The molecule has 0 aliphatic carbocycles. The van der Waals surface area contributed by atoms with E-state index < -0.39 is 5.91 Å². The van der Waals surface area contributed by atoms with Crippen LogP contribution in [0, 0.1) is 11.3 Å². The maximum Gasteiger partial charge on any atom is 0.261 e. The molecule has 0 radical (unpaired) electrons. The molecule has 0 aromatic carbocycles. The Hall–Kier alpha value is -1.78. The van der Waals surface area contributed by atoms with E-state index in [0.717, 1.165) is 13.0 Å². The van der Waals surface area contributed by atoms with Crippen LogP contribution in [-0.4, -0.2) is 25.0 Å². The lowest BCUT2D eigenvalue weighted by molar-refractivity contribution is 0.100. The van der Waals surface area contributed by atoms with Gasteiger partial charge in [0.15, 0.2) is 0 Å². The fourth-order valence-corrected chi connectivity index (χ4v) is 2.98. The minimum atomic E-state index is -0.598. The highest BCUT2D eigenvalue weighted by Crippen LogP contribution is 2.38. The number of amides is 1. The second kappa shape index (κ2) is 4.24. The molecule has 1 aromatic heterocycles. The number of primary amides is 1. The number of carbonyl (C=O) groups is 1. The first-order valence-corrected chi connectivity index (χ1v) is 5.99. The van der Waals surface area contributed by atoms with Gasteiger partial charge in [0.05, 0.1) is 5.69 Å². The number of nitrogens with two attached hydrogens (primary N) is 3. The molecule has 6 N–H and O–H groups in total. The highest BCUT2D eigenvalue weighted by molar-refractivity contribution is 7.19. The van der Waals surface area contributed by atoms with E-state index >= 15 is 0 Å². The van der Waals surface area contributed by atoms with Gasteiger partial charge in [-0.1, -0.05) is 0 Å². The number of nitrogens with zero attached hydrogens (tertiary/aromatic N) is 2. The molecule has 1 aliphatic heterocycles. The summed E-state index contributed by atoms with van der Waals surface area (Å²) >= 11 is 1.17. The highest BCUT2D eigenvalue weighted by atomic mass is 32.1. The summed E-state index contributed by atoms with van der Waals surface area (Å²) in [7, 11) is 0. The lowest BCUT2D eigenvalue weighted by Crippen LogP contribution is -2.26. The third kappa shape index (κ3) is 1.92. The van der Waals surface area contributed by atoms with Crippen molar-refractivity contribution in [1.82, 2.24) is 0 Å². The van der Waals surface area contributed by atoms with Gasteiger partial charge in [-0.05, 0) is 6.42 Å². The molecule has 1 unspecified atom stereocenters. The fourth-order valence-electron chi connectivity index (χ4n) is 1.92. The Kier molecular flexibility index (Phi) is 2.92. The van der Waals surface area contributed by atoms with Crippen LogP contribution in [0.1, 0.15) is 21.7 Å². The van der Waals surface area contributed by atoms with E-state index in [2.05, 4.69) is 0 Å². The van der Waals surface area contributed by atoms with Crippen molar-refractivity contribution in [1.29, 1.82) is 5.26 Å². The molecular formula is C10H13N5OS. The van der Waals surface area contributed by atoms with Crippen LogP contribution in [0.3, 0.4) is 0 Å². The van der Waals surface area contributed by atoms with Crippen molar-refractivity contribution in [3.05, 3.63) is 10.4 Å². The van der Waals surface area contributed by atoms with E-state index in [1.54, 1.807) is 0 Å². The number of nitrogen functional groups attached to an aromatic ring is 1. The fraction of sp³-hybridized carbons (Fsp3) is 0.400. The molecule has 2 heterocycles. The van der Waals surface area contributed by atoms with Gasteiger partial charge in [0.1, 0.15) is 21.5 Å². The minimum absolute atomic E-state index is 0.0990. The second-order valence-electron chi connectivity index (χ2n) is 4.00. The van der Waals surface area contributed by atoms with Crippen molar-refractivity contribution in [3.63, 3.8) is 0 Å². The number of carbonyl (C=O) groups excluding carboxylic acids is 1. The van der Waals surface area contributed by atoms with Crippen molar-refractivity contribution >= 4 is 27.9 Å². The molecular weight excluding hydrogens is 238 g/mol. The van der Waals surface area contributed by atoms with Gasteiger partial charge in [0.25, 0.3) is 5.91 Å². The third-order valence-electron chi connectivity index (χ3n) is 2.77. The third-order valence-corrected chi connectivity index (χ3v) is 4.05. The van der Waals surface area contributed by atoms with E-state index in [-0.39, 0.29) is 16.6 Å². The molecule has 7 heteroatoms. The van der Waals surface area contributed by atoms with Crippen LogP contribution >= 0.6 is 11.3 Å². The van der Waals surface area contributed by atoms with Crippen LogP contribution in [0.4, 0.5) is 10.7 Å². The van der Waals surface area contributed by atoms with E-state index in [9.17, 15) is 4.79 Å². The van der Waals surface area contributed by atoms with E-state index in [4.69, 9.17) is 22.5 Å². The van der Waals surface area contributed by atoms with Gasteiger partial charge < -0.3 is 22.1 Å². The standard InChI is InChI=1S/C10H13N5OS/c11-3-6-7(13)8(9(14)16)17-10(6)15-2-1-5(12)4-15/h5H,1-2,4,12-13H2,(H2,14,16). The number of hydrogen-bond donors (Lipinski definition) is 3. The average molecular weight is 251 g/mol. The summed E-state index contributed by atoms with van der Waals surface area (Å²) in [5.41, 5.74) is 17.3. The van der Waals surface area contributed by atoms with Crippen LogP contribution in [0.15, 0.2) is 0 Å². The average Bonchev–Trinajstić information content (AvgIpc) is 2.82. The summed E-state index contributed by atoms with van der Waals surface area (Å²) < 4.78 is 0. The van der Waals surface area contributed by atoms with Gasteiger partial charge in [-0.15, -0.1) is 11.3 Å². The Balaban J connectivity index is 2.44. The maximum atomic E-state index is 11.2. The first-order valence-electron chi connectivity index (χ1n) is 5.17. The molecule has 2 rings (SSSR count). The molecule has 1 amide bonds. The molecule has 0 spiro atoms. The number of thiophene rings is 1. The Morgan fingerprint density at radius 3 is 2.76 bits per heavy atom. The van der Waals surface area contributed by atoms with Gasteiger partial charge in [0.2, 0.25) is 0 Å². The molecule has 1 saturated heterocycles. The predicted octanol–water partition coefficient (Wildman–Crippen LogP) is -0.162. The van der Waals surface area contributed by atoms with Crippen molar-refractivity contribution in [2.45, 2.75) is 12.5 Å². The molecule has 1 atom stereocenters. The van der Waals surface area contributed by atoms with Crippen LogP contribution in [0.2, 0.25) is 0 Å². The summed E-state index contributed by atoms with van der Waals surface area (Å²) in [6, 6.07) is 2.12. The number of rotatable bonds is 2. The van der Waals surface area contributed by atoms with E-state index in [0.29, 0.717) is 17.1 Å². The van der Waals surface area contributed by atoms with Gasteiger partial charge in [-0.25, -0.2) is 0 Å². The summed E-state index contributed by atoms with van der Waals surface area (Å²) in [6.45, 7) is 1.45. The number of hydrogen-bond acceptors (Lipinski definition) is 6. The van der Waals surface area contributed by atoms with Crippen LogP contribution in [0.25, 0.3) is 0 Å². The summed E-state index contributed by atoms with van der Waals surface area (Å²) in [6.07, 6.45) is 0.870. The second-order valence-corrected chi connectivity index (χ2v) is 4.99. The number of anilines is 2.